The summed E-state index contributed by atoms with van der Waals surface area (Å²) in [6.45, 7) is 10.2. The lowest BCUT2D eigenvalue weighted by molar-refractivity contribution is -0.134. The Balaban J connectivity index is 2.95. The fourth-order valence-corrected chi connectivity index (χ4v) is 4.50. The molecule has 1 aromatic rings. The zero-order valence-corrected chi connectivity index (χ0v) is 21.1. The summed E-state index contributed by atoms with van der Waals surface area (Å²) in [6.07, 6.45) is 6.05. The first kappa shape index (κ1) is 27.8. The van der Waals surface area contributed by atoms with Gasteiger partial charge in [-0.25, -0.2) is 9.59 Å². The van der Waals surface area contributed by atoms with Crippen molar-refractivity contribution < 1.29 is 38.5 Å². The second-order valence-electron chi connectivity index (χ2n) is 8.80. The van der Waals surface area contributed by atoms with Crippen LogP contribution in [0.15, 0.2) is 29.9 Å². The van der Waals surface area contributed by atoms with Crippen LogP contribution in [0.5, 0.6) is 11.5 Å². The van der Waals surface area contributed by atoms with Crippen LogP contribution < -0.4 is 9.47 Å². The van der Waals surface area contributed by atoms with Crippen molar-refractivity contribution in [2.24, 2.45) is 5.92 Å². The molecular weight excluding hydrogens is 452 g/mol. The predicted octanol–water partition coefficient (Wildman–Crippen LogP) is 5.14. The molecule has 0 radical (unpaired) electrons. The Morgan fingerprint density at radius 1 is 1.11 bits per heavy atom. The van der Waals surface area contributed by atoms with Crippen molar-refractivity contribution in [3.63, 3.8) is 0 Å². The highest BCUT2D eigenvalue weighted by Gasteiger charge is 2.37. The SMILES string of the molecule is C=C(C(=O)O)[C@@H]1CCC(C)=C[C@H]1c1c(OC(C)=O)cc(CCCCC)c(C(=O)OC)c1OC(C)=O. The van der Waals surface area contributed by atoms with Gasteiger partial charge in [0.05, 0.1) is 7.11 Å². The molecule has 1 aromatic carbocycles. The predicted molar refractivity (Wildman–Crippen MR) is 130 cm³/mol. The van der Waals surface area contributed by atoms with Crippen LogP contribution in [-0.4, -0.2) is 36.1 Å². The van der Waals surface area contributed by atoms with Crippen molar-refractivity contribution >= 4 is 23.9 Å². The fraction of sp³-hybridized carbons (Fsp3) is 0.481. The lowest BCUT2D eigenvalue weighted by Crippen LogP contribution is -2.25. The molecule has 0 unspecified atom stereocenters. The van der Waals surface area contributed by atoms with Gasteiger partial charge in [0.2, 0.25) is 0 Å². The van der Waals surface area contributed by atoms with E-state index in [1.165, 1.54) is 21.0 Å². The van der Waals surface area contributed by atoms with Crippen molar-refractivity contribution in [2.45, 2.75) is 72.1 Å². The number of carboxylic acid groups (broad SMARTS) is 1. The molecule has 1 aliphatic carbocycles. The molecule has 1 aliphatic rings. The molecule has 0 amide bonds. The first-order valence-electron chi connectivity index (χ1n) is 11.8. The van der Waals surface area contributed by atoms with Gasteiger partial charge in [-0.05, 0) is 44.2 Å². The first-order chi connectivity index (χ1) is 16.5. The highest BCUT2D eigenvalue weighted by molar-refractivity contribution is 5.97. The number of carboxylic acids is 1. The van der Waals surface area contributed by atoms with Gasteiger partial charge >= 0.3 is 23.9 Å². The third-order valence-electron chi connectivity index (χ3n) is 6.11. The van der Waals surface area contributed by atoms with Crippen molar-refractivity contribution in [1.82, 2.24) is 0 Å². The smallest absolute Gasteiger partial charge is 0.341 e. The standard InChI is InChI=1S/C27H34O8/c1-7-8-9-10-19-14-22(34-17(4)28)24(25(35-18(5)29)23(19)27(32)33-6)21-13-15(2)11-12-20(21)16(3)26(30)31/h13-14,20-21H,3,7-12H2,1-2,4-6H3,(H,30,31)/t20-,21+/m0/s1. The van der Waals surface area contributed by atoms with Gasteiger partial charge < -0.3 is 19.3 Å². The summed E-state index contributed by atoms with van der Waals surface area (Å²) in [5.74, 6) is -4.33. The minimum absolute atomic E-state index is 0.0204. The van der Waals surface area contributed by atoms with Gasteiger partial charge in [0.15, 0.2) is 5.75 Å². The second kappa shape index (κ2) is 12.3. The number of ether oxygens (including phenoxy) is 3. The highest BCUT2D eigenvalue weighted by atomic mass is 16.6. The maximum atomic E-state index is 13.0. The number of allylic oxidation sites excluding steroid dienone is 2. The Morgan fingerprint density at radius 2 is 1.77 bits per heavy atom. The third kappa shape index (κ3) is 6.81. The number of unbranched alkanes of at least 4 members (excludes halogenated alkanes) is 2. The number of hydrogen-bond donors (Lipinski definition) is 1. The Morgan fingerprint density at radius 3 is 2.31 bits per heavy atom. The van der Waals surface area contributed by atoms with Crippen LogP contribution in [0.3, 0.4) is 0 Å². The van der Waals surface area contributed by atoms with E-state index >= 15 is 0 Å². The normalized spacial score (nSPS) is 17.2. The fourth-order valence-electron chi connectivity index (χ4n) is 4.50. The van der Waals surface area contributed by atoms with Crippen molar-refractivity contribution in [1.29, 1.82) is 0 Å². The zero-order valence-electron chi connectivity index (χ0n) is 21.1. The number of esters is 3. The van der Waals surface area contributed by atoms with Crippen LogP contribution in [0.2, 0.25) is 0 Å². The second-order valence-corrected chi connectivity index (χ2v) is 8.80. The van der Waals surface area contributed by atoms with Gasteiger partial charge in [0.25, 0.3) is 0 Å². The van der Waals surface area contributed by atoms with Gasteiger partial charge in [-0.15, -0.1) is 0 Å². The molecule has 0 spiro atoms. The van der Waals surface area contributed by atoms with E-state index in [1.807, 2.05) is 19.9 Å². The van der Waals surface area contributed by atoms with E-state index in [0.717, 1.165) is 24.8 Å². The maximum Gasteiger partial charge on any atom is 0.341 e. The van der Waals surface area contributed by atoms with Crippen LogP contribution in [0.25, 0.3) is 0 Å². The average Bonchev–Trinajstić information content (AvgIpc) is 2.77. The molecule has 0 aromatic heterocycles. The van der Waals surface area contributed by atoms with Gasteiger partial charge in [-0.3, -0.25) is 9.59 Å². The number of aryl methyl sites for hydroxylation is 1. The van der Waals surface area contributed by atoms with Crippen LogP contribution in [0.4, 0.5) is 0 Å². The topological polar surface area (TPSA) is 116 Å². The highest BCUT2D eigenvalue weighted by Crippen LogP contribution is 2.49. The van der Waals surface area contributed by atoms with Crippen molar-refractivity contribution in [3.05, 3.63) is 46.6 Å². The Bertz CT molecular complexity index is 1050. The number of rotatable bonds is 10. The Hall–Kier alpha value is -3.42. The van der Waals surface area contributed by atoms with Crippen molar-refractivity contribution in [2.75, 3.05) is 7.11 Å². The molecular formula is C27H34O8. The van der Waals surface area contributed by atoms with Crippen molar-refractivity contribution in [3.8, 4) is 11.5 Å². The number of methoxy groups -OCH3 is 1. The molecule has 0 aliphatic heterocycles. The molecule has 0 saturated carbocycles. The lowest BCUT2D eigenvalue weighted by Gasteiger charge is -2.33. The Kier molecular flexibility index (Phi) is 9.80. The summed E-state index contributed by atoms with van der Waals surface area (Å²) in [7, 11) is 1.23. The van der Waals surface area contributed by atoms with Crippen LogP contribution in [-0.2, 0) is 25.5 Å². The summed E-state index contributed by atoms with van der Waals surface area (Å²) >= 11 is 0. The summed E-state index contributed by atoms with van der Waals surface area (Å²) in [6, 6.07) is 1.60. The van der Waals surface area contributed by atoms with E-state index in [4.69, 9.17) is 14.2 Å². The monoisotopic (exact) mass is 486 g/mol. The van der Waals surface area contributed by atoms with E-state index in [2.05, 4.69) is 6.58 Å². The molecule has 8 nitrogen and oxygen atoms in total. The largest absolute Gasteiger partial charge is 0.478 e. The molecule has 190 valence electrons. The van der Waals surface area contributed by atoms with Gasteiger partial charge in [-0.2, -0.15) is 0 Å². The zero-order chi connectivity index (χ0) is 26.3. The van der Waals surface area contributed by atoms with Crippen LogP contribution in [0.1, 0.15) is 87.2 Å². The molecule has 0 heterocycles. The van der Waals surface area contributed by atoms with E-state index in [-0.39, 0.29) is 28.2 Å². The van der Waals surface area contributed by atoms with Gasteiger partial charge in [0.1, 0.15) is 11.3 Å². The molecule has 8 heteroatoms. The summed E-state index contributed by atoms with van der Waals surface area (Å²) < 4.78 is 16.2. The molecule has 0 saturated heterocycles. The molecule has 2 atom stereocenters. The van der Waals surface area contributed by atoms with E-state index < -0.39 is 35.7 Å². The van der Waals surface area contributed by atoms with Crippen LogP contribution >= 0.6 is 0 Å². The first-order valence-corrected chi connectivity index (χ1v) is 11.8. The molecule has 35 heavy (non-hydrogen) atoms. The quantitative estimate of drug-likeness (QED) is 0.159. The molecule has 2 rings (SSSR count). The number of carbonyl (C=O) groups is 4. The molecule has 0 bridgehead atoms. The Labute approximate surface area is 205 Å². The van der Waals surface area contributed by atoms with E-state index in [9.17, 15) is 24.3 Å². The van der Waals surface area contributed by atoms with E-state index in [1.54, 1.807) is 6.07 Å². The number of hydrogen-bond acceptors (Lipinski definition) is 7. The minimum atomic E-state index is -1.15. The third-order valence-corrected chi connectivity index (χ3v) is 6.11. The maximum absolute atomic E-state index is 13.0. The average molecular weight is 487 g/mol. The van der Waals surface area contributed by atoms with E-state index in [0.29, 0.717) is 24.8 Å². The summed E-state index contributed by atoms with van der Waals surface area (Å²) in [4.78, 5) is 49.1. The summed E-state index contributed by atoms with van der Waals surface area (Å²) in [5.41, 5.74) is 1.81. The van der Waals surface area contributed by atoms with Gasteiger partial charge in [0, 0.05) is 36.8 Å². The minimum Gasteiger partial charge on any atom is -0.478 e. The molecule has 0 fully saturated rings. The number of benzene rings is 1. The van der Waals surface area contributed by atoms with Gasteiger partial charge in [-0.1, -0.05) is 38.0 Å². The number of aliphatic carboxylic acids is 1. The molecule has 1 N–H and O–H groups in total. The lowest BCUT2D eigenvalue weighted by atomic mass is 9.72. The number of carbonyl (C=O) groups excluding carboxylic acids is 3. The van der Waals surface area contributed by atoms with Crippen LogP contribution in [0, 0.1) is 5.92 Å². The summed E-state index contributed by atoms with van der Waals surface area (Å²) in [5, 5.41) is 9.67.